The molecular weight excluding hydrogens is 1590 g/mol. The summed E-state index contributed by atoms with van der Waals surface area (Å²) in [6, 6.07) is 142. The van der Waals surface area contributed by atoms with Crippen molar-refractivity contribution in [2.24, 2.45) is 0 Å². The molecule has 1 saturated carbocycles. The number of ether oxygens (including phenoxy) is 7. The third-order valence-electron chi connectivity index (χ3n) is 24.7. The van der Waals surface area contributed by atoms with Crippen LogP contribution in [-0.4, -0.2) is 98.8 Å². The second-order valence-electron chi connectivity index (χ2n) is 32.0. The van der Waals surface area contributed by atoms with E-state index in [9.17, 15) is 0 Å². The largest absolute Gasteiger partial charge is 0.497 e. The van der Waals surface area contributed by atoms with E-state index in [1.165, 1.54) is 0 Å². The Morgan fingerprint density at radius 1 is 0.317 bits per heavy atom. The van der Waals surface area contributed by atoms with E-state index in [2.05, 4.69) is 413 Å². The van der Waals surface area contributed by atoms with Crippen LogP contribution in [0.25, 0.3) is 0 Å². The van der Waals surface area contributed by atoms with E-state index in [-0.39, 0.29) is 19.8 Å². The fourth-order valence-corrected chi connectivity index (χ4v) is 19.1. The number of alkyl halides is 1. The van der Waals surface area contributed by atoms with Crippen LogP contribution in [0.4, 0.5) is 0 Å². The Labute approximate surface area is 733 Å². The summed E-state index contributed by atoms with van der Waals surface area (Å²) in [5.41, 5.74) is 9.29. The Morgan fingerprint density at radius 3 is 0.911 bits per heavy atom. The Kier molecular flexibility index (Phi) is 28.6. The molecule has 123 heavy (non-hydrogen) atoms. The average Bonchev–Trinajstić information content (AvgIpc) is 0.734. The predicted octanol–water partition coefficient (Wildman–Crippen LogP) is 20.8. The Hall–Kier alpha value is -11.2. The summed E-state index contributed by atoms with van der Waals surface area (Å²) in [5, 5.41) is 34.1. The van der Waals surface area contributed by atoms with Gasteiger partial charge in [-0.2, -0.15) is 0 Å². The quantitative estimate of drug-likeness (QED) is 0.0143. The number of aliphatic hydroxyl groups excluding tert-OH is 1. The van der Waals surface area contributed by atoms with Crippen LogP contribution in [0.3, 0.4) is 0 Å². The molecule has 12 nitrogen and oxygen atoms in total. The summed E-state index contributed by atoms with van der Waals surface area (Å²) >= 11 is 3.74. The van der Waals surface area contributed by atoms with Crippen molar-refractivity contribution in [3.05, 3.63) is 490 Å². The lowest BCUT2D eigenvalue weighted by Crippen LogP contribution is -2.73. The van der Waals surface area contributed by atoms with Gasteiger partial charge in [-0.05, 0) is 121 Å². The molecule has 14 aromatic rings. The summed E-state index contributed by atoms with van der Waals surface area (Å²) < 4.78 is 52.3. The van der Waals surface area contributed by atoms with Gasteiger partial charge in [-0.1, -0.05) is 417 Å². The first-order valence-electron chi connectivity index (χ1n) is 43.2. The molecule has 14 aromatic carbocycles. The number of rotatable bonds is 38. The summed E-state index contributed by atoms with van der Waals surface area (Å²) in [5.74, 6) is 1.44. The highest BCUT2D eigenvalue weighted by atomic mass is 79.9. The van der Waals surface area contributed by atoms with E-state index < -0.39 is 83.2 Å². The lowest BCUT2D eigenvalue weighted by atomic mass is 9.72. The Bertz CT molecular complexity index is 5060. The first-order valence-corrected chi connectivity index (χ1v) is 44.3. The van der Waals surface area contributed by atoms with Gasteiger partial charge in [0, 0.05) is 30.6 Å². The highest BCUT2D eigenvalue weighted by Gasteiger charge is 2.58. The van der Waals surface area contributed by atoms with Crippen molar-refractivity contribution in [3.63, 3.8) is 0 Å². The molecule has 0 amide bonds. The number of methoxy groups -OCH3 is 2. The monoisotopic (exact) mass is 1690 g/mol. The lowest BCUT2D eigenvalue weighted by Gasteiger charge is -2.54. The standard InChI is InChI=1S/C110H109BrN4O8/c1-117-95-71-67-81(68-72-95)79-120-102-97(113-108(86-49-23-8-24-50-86,87-51-25-9-26-52-87)88-53-27-10-28-54-88)77-98(114-109(89-55-29-11-30-56-89,90-57-31-12-32-58-90)91-59-33-13-34-60-91)103(101(102)116)123-106-100(115-110(92-61-35-14-36-62-92,93-63-37-15-38-64-93)94-65-39-16-40-66-94)105(121-80-82-69-73-96(118-2)74-70-82)104(119-76-42-4-3-41-75-111)99(122-106)78-112-107(83-43-17-5-18-44-83,84-45-19-6-20-46-84)85-47-21-7-22-48-85/h5-40,43-74,97-106,112-116H,3-4,41-42,75-80H2,1-2H3/t97-,98+,99-,100-,101-,102+,103-,104-,105-,106-/m1/s1. The molecule has 5 N–H and O–H groups in total. The number of benzene rings is 14. The molecule has 624 valence electrons. The maximum atomic E-state index is 15.3. The van der Waals surface area contributed by atoms with Crippen LogP contribution >= 0.6 is 15.9 Å². The third-order valence-corrected chi connectivity index (χ3v) is 25.3. The van der Waals surface area contributed by atoms with Crippen LogP contribution in [0.1, 0.15) is 110 Å². The zero-order valence-electron chi connectivity index (χ0n) is 69.8. The first kappa shape index (κ1) is 85.3. The number of halogens is 1. The molecule has 0 aromatic heterocycles. The fourth-order valence-electron chi connectivity index (χ4n) is 18.7. The zero-order valence-corrected chi connectivity index (χ0v) is 71.4. The van der Waals surface area contributed by atoms with Gasteiger partial charge in [0.15, 0.2) is 6.29 Å². The highest BCUT2D eigenvalue weighted by Crippen LogP contribution is 2.47. The van der Waals surface area contributed by atoms with E-state index in [4.69, 9.17) is 33.2 Å². The van der Waals surface area contributed by atoms with Crippen molar-refractivity contribution in [1.29, 1.82) is 0 Å². The summed E-state index contributed by atoms with van der Waals surface area (Å²) in [4.78, 5) is 0. The van der Waals surface area contributed by atoms with Gasteiger partial charge < -0.3 is 38.3 Å². The van der Waals surface area contributed by atoms with Gasteiger partial charge in [0.2, 0.25) is 0 Å². The summed E-state index contributed by atoms with van der Waals surface area (Å²) in [6.07, 6.45) is -3.57. The molecule has 10 atom stereocenters. The van der Waals surface area contributed by atoms with Crippen molar-refractivity contribution in [3.8, 4) is 11.5 Å². The topological polar surface area (TPSA) is 133 Å². The molecule has 1 aliphatic heterocycles. The molecular formula is C110H109BrN4O8. The zero-order chi connectivity index (χ0) is 83.9. The maximum Gasteiger partial charge on any atom is 0.176 e. The Balaban J connectivity index is 0.958. The lowest BCUT2D eigenvalue weighted by molar-refractivity contribution is -0.309. The molecule has 1 saturated heterocycles. The minimum atomic E-state index is -1.47. The second-order valence-corrected chi connectivity index (χ2v) is 32.8. The van der Waals surface area contributed by atoms with Crippen molar-refractivity contribution in [1.82, 2.24) is 21.3 Å². The van der Waals surface area contributed by atoms with Gasteiger partial charge in [-0.15, -0.1) is 0 Å². The van der Waals surface area contributed by atoms with E-state index in [0.717, 1.165) is 115 Å². The Morgan fingerprint density at radius 2 is 0.602 bits per heavy atom. The van der Waals surface area contributed by atoms with Gasteiger partial charge in [0.1, 0.15) is 48.1 Å². The van der Waals surface area contributed by atoms with E-state index in [0.29, 0.717) is 18.8 Å². The van der Waals surface area contributed by atoms with Crippen LogP contribution in [0.5, 0.6) is 11.5 Å². The molecule has 0 unspecified atom stereocenters. The van der Waals surface area contributed by atoms with Crippen molar-refractivity contribution >= 4 is 15.9 Å². The summed E-state index contributed by atoms with van der Waals surface area (Å²) in [7, 11) is 3.36. The van der Waals surface area contributed by atoms with Gasteiger partial charge in [0.25, 0.3) is 0 Å². The van der Waals surface area contributed by atoms with Gasteiger partial charge in [-0.3, -0.25) is 21.3 Å². The molecule has 0 spiro atoms. The van der Waals surface area contributed by atoms with Crippen LogP contribution < -0.4 is 30.7 Å². The molecule has 0 bridgehead atoms. The van der Waals surface area contributed by atoms with Gasteiger partial charge in [0.05, 0.1) is 55.6 Å². The molecule has 1 heterocycles. The molecule has 2 fully saturated rings. The van der Waals surface area contributed by atoms with Crippen molar-refractivity contribution in [2.45, 2.75) is 129 Å². The fraction of sp³-hybridized carbons (Fsp3) is 0.236. The van der Waals surface area contributed by atoms with Crippen LogP contribution in [0.15, 0.2) is 413 Å². The van der Waals surface area contributed by atoms with Crippen molar-refractivity contribution in [2.75, 3.05) is 32.7 Å². The highest BCUT2D eigenvalue weighted by molar-refractivity contribution is 9.09. The van der Waals surface area contributed by atoms with Gasteiger partial charge >= 0.3 is 0 Å². The number of aliphatic hydroxyl groups is 1. The third kappa shape index (κ3) is 18.8. The van der Waals surface area contributed by atoms with E-state index >= 15 is 5.11 Å². The number of hydrogen-bond acceptors (Lipinski definition) is 12. The average molecular weight is 1700 g/mol. The van der Waals surface area contributed by atoms with Crippen LogP contribution in [0.2, 0.25) is 0 Å². The van der Waals surface area contributed by atoms with Crippen molar-refractivity contribution < 1.29 is 38.3 Å². The minimum absolute atomic E-state index is 0.111. The SMILES string of the molecule is COc1ccc(CO[C@@H]2[C@@H](NC(c3ccccc3)(c3ccccc3)c3ccccc3)[C@@H](O[C@H]3[C@H](O)[C@@H](OCc4ccc(OC)cc4)[C@H](NC(c4ccccc4)(c4ccccc4)c4ccccc4)C[C@@H]3NC(c3ccccc3)(c3ccccc3)c3ccccc3)O[C@H](CNC(c3ccccc3)(c3ccccc3)c3ccccc3)[C@H]2OCCCCCCBr)cc1. The molecule has 0 radical (unpaired) electrons. The van der Waals surface area contributed by atoms with Crippen LogP contribution in [0, 0.1) is 0 Å². The second kappa shape index (κ2) is 41.3. The number of nitrogens with one attached hydrogen (secondary N) is 4. The predicted molar refractivity (Wildman–Crippen MR) is 495 cm³/mol. The minimum Gasteiger partial charge on any atom is -0.497 e. The van der Waals surface area contributed by atoms with Crippen LogP contribution in [-0.2, 0) is 59.1 Å². The molecule has 1 aliphatic carbocycles. The van der Waals surface area contributed by atoms with E-state index in [1.807, 2.05) is 36.4 Å². The molecule has 2 aliphatic rings. The number of unbranched alkanes of at least 4 members (excludes halogenated alkanes) is 3. The summed E-state index contributed by atoms with van der Waals surface area (Å²) in [6.45, 7) is 0.838. The van der Waals surface area contributed by atoms with E-state index in [1.54, 1.807) is 14.2 Å². The normalized spacial score (nSPS) is 19.4. The molecule has 16 rings (SSSR count). The van der Waals surface area contributed by atoms with Gasteiger partial charge in [-0.25, -0.2) is 0 Å². The maximum absolute atomic E-state index is 15.3. The number of hydrogen-bond donors (Lipinski definition) is 5. The first-order chi connectivity index (χ1) is 60.7. The smallest absolute Gasteiger partial charge is 0.176 e. The molecule has 13 heteroatoms.